The highest BCUT2D eigenvalue weighted by atomic mass is 15.1. The number of anilines is 2. The predicted octanol–water partition coefficient (Wildman–Crippen LogP) is 3.14. The molecule has 0 radical (unpaired) electrons. The molecule has 0 saturated carbocycles. The fourth-order valence-electron chi connectivity index (χ4n) is 1.29. The summed E-state index contributed by atoms with van der Waals surface area (Å²) < 4.78 is 0. The molecular formula is C12H22N2. The van der Waals surface area contributed by atoms with Crippen LogP contribution in [0.15, 0.2) is 24.3 Å². The third-order valence-corrected chi connectivity index (χ3v) is 1.91. The predicted molar refractivity (Wildman–Crippen MR) is 65.8 cm³/mol. The Morgan fingerprint density at radius 1 is 1.21 bits per heavy atom. The molecule has 0 spiro atoms. The van der Waals surface area contributed by atoms with Crippen molar-refractivity contribution >= 4 is 11.4 Å². The molecule has 1 aromatic carbocycles. The summed E-state index contributed by atoms with van der Waals surface area (Å²) in [4.78, 5) is 2.18. The molecule has 2 N–H and O–H groups in total. The molecule has 1 rings (SSSR count). The molecule has 0 aliphatic heterocycles. The van der Waals surface area contributed by atoms with Crippen LogP contribution in [0.3, 0.4) is 0 Å². The van der Waals surface area contributed by atoms with Gasteiger partial charge < -0.3 is 10.6 Å². The highest BCUT2D eigenvalue weighted by Crippen LogP contribution is 2.20. The molecule has 1 aromatic rings. The van der Waals surface area contributed by atoms with Gasteiger partial charge >= 0.3 is 0 Å². The highest BCUT2D eigenvalue weighted by molar-refractivity contribution is 5.66. The van der Waals surface area contributed by atoms with E-state index in [0.29, 0.717) is 0 Å². The number of nitrogen functional groups attached to an aromatic ring is 1. The lowest BCUT2D eigenvalue weighted by molar-refractivity contribution is 0.853. The van der Waals surface area contributed by atoms with E-state index in [9.17, 15) is 0 Å². The van der Waals surface area contributed by atoms with E-state index in [0.717, 1.165) is 24.3 Å². The van der Waals surface area contributed by atoms with Crippen LogP contribution in [0.4, 0.5) is 11.4 Å². The Balaban J connectivity index is 0.000000791. The highest BCUT2D eigenvalue weighted by Gasteiger charge is 2.01. The molecule has 0 aliphatic rings. The van der Waals surface area contributed by atoms with E-state index in [1.54, 1.807) is 0 Å². The Bertz CT molecular complexity index is 246. The third-order valence-electron chi connectivity index (χ3n) is 1.91. The molecular weight excluding hydrogens is 172 g/mol. The van der Waals surface area contributed by atoms with Crippen molar-refractivity contribution in [3.63, 3.8) is 0 Å². The van der Waals surface area contributed by atoms with Gasteiger partial charge in [-0.1, -0.05) is 32.9 Å². The molecule has 0 fully saturated rings. The van der Waals surface area contributed by atoms with E-state index in [2.05, 4.69) is 18.9 Å². The van der Waals surface area contributed by atoms with Crippen molar-refractivity contribution in [3.05, 3.63) is 24.3 Å². The van der Waals surface area contributed by atoms with E-state index in [1.165, 1.54) is 0 Å². The lowest BCUT2D eigenvalue weighted by atomic mass is 10.2. The van der Waals surface area contributed by atoms with E-state index < -0.39 is 0 Å². The summed E-state index contributed by atoms with van der Waals surface area (Å²) in [5.41, 5.74) is 7.79. The summed E-state index contributed by atoms with van der Waals surface area (Å²) in [6.07, 6.45) is 1.14. The number of hydrogen-bond donors (Lipinski definition) is 1. The summed E-state index contributed by atoms with van der Waals surface area (Å²) >= 11 is 0. The van der Waals surface area contributed by atoms with Gasteiger partial charge in [0.25, 0.3) is 0 Å². The van der Waals surface area contributed by atoms with Gasteiger partial charge in [0.15, 0.2) is 0 Å². The summed E-state index contributed by atoms with van der Waals surface area (Å²) in [6, 6.07) is 7.95. The molecule has 14 heavy (non-hydrogen) atoms. The largest absolute Gasteiger partial charge is 0.397 e. The number of nitrogens with zero attached hydrogens (tertiary/aromatic N) is 1. The fraction of sp³-hybridized carbons (Fsp3) is 0.500. The van der Waals surface area contributed by atoms with Crippen LogP contribution in [0.5, 0.6) is 0 Å². The molecule has 2 heteroatoms. The monoisotopic (exact) mass is 194 g/mol. The van der Waals surface area contributed by atoms with E-state index >= 15 is 0 Å². The number of para-hydroxylation sites is 2. The van der Waals surface area contributed by atoms with Crippen LogP contribution in [-0.2, 0) is 0 Å². The zero-order valence-corrected chi connectivity index (χ0v) is 9.75. The Morgan fingerprint density at radius 2 is 1.79 bits per heavy atom. The van der Waals surface area contributed by atoms with Gasteiger partial charge in [0.05, 0.1) is 11.4 Å². The van der Waals surface area contributed by atoms with Crippen molar-refractivity contribution < 1.29 is 0 Å². The Labute approximate surface area is 87.7 Å². The Kier molecular flexibility index (Phi) is 6.63. The second-order valence-electron chi connectivity index (χ2n) is 2.98. The number of benzene rings is 1. The van der Waals surface area contributed by atoms with Crippen LogP contribution in [0.1, 0.15) is 27.2 Å². The van der Waals surface area contributed by atoms with Gasteiger partial charge in [0.2, 0.25) is 0 Å². The molecule has 0 atom stereocenters. The maximum Gasteiger partial charge on any atom is 0.0597 e. The fourth-order valence-corrected chi connectivity index (χ4v) is 1.29. The lowest BCUT2D eigenvalue weighted by Crippen LogP contribution is -2.18. The standard InChI is InChI=1S/C10H16N2.C2H6/c1-3-8-12(2)10-7-5-4-6-9(10)11;1-2/h4-7H,3,8,11H2,1-2H3;1-2H3. The van der Waals surface area contributed by atoms with Gasteiger partial charge in [0, 0.05) is 13.6 Å². The zero-order chi connectivity index (χ0) is 11.0. The van der Waals surface area contributed by atoms with Crippen LogP contribution in [0, 0.1) is 0 Å². The first-order chi connectivity index (χ1) is 6.75. The molecule has 0 aliphatic carbocycles. The first-order valence-electron chi connectivity index (χ1n) is 5.31. The minimum Gasteiger partial charge on any atom is -0.397 e. The van der Waals surface area contributed by atoms with Gasteiger partial charge in [-0.3, -0.25) is 0 Å². The molecule has 0 heterocycles. The van der Waals surface area contributed by atoms with Crippen LogP contribution in [-0.4, -0.2) is 13.6 Å². The molecule has 0 bridgehead atoms. The lowest BCUT2D eigenvalue weighted by Gasteiger charge is -2.19. The average Bonchev–Trinajstić information content (AvgIpc) is 2.22. The van der Waals surface area contributed by atoms with Crippen molar-refractivity contribution in [2.75, 3.05) is 24.2 Å². The van der Waals surface area contributed by atoms with Gasteiger partial charge in [-0.05, 0) is 18.6 Å². The maximum atomic E-state index is 5.81. The zero-order valence-electron chi connectivity index (χ0n) is 9.75. The quantitative estimate of drug-likeness (QED) is 0.749. The molecule has 0 saturated heterocycles. The van der Waals surface area contributed by atoms with Crippen molar-refractivity contribution in [2.24, 2.45) is 0 Å². The van der Waals surface area contributed by atoms with Crippen molar-refractivity contribution in [1.82, 2.24) is 0 Å². The normalized spacial score (nSPS) is 8.86. The Morgan fingerprint density at radius 3 is 2.29 bits per heavy atom. The molecule has 0 unspecified atom stereocenters. The number of hydrogen-bond acceptors (Lipinski definition) is 2. The van der Waals surface area contributed by atoms with Gasteiger partial charge in [-0.15, -0.1) is 0 Å². The third kappa shape index (κ3) is 3.69. The molecule has 80 valence electrons. The molecule has 2 nitrogen and oxygen atoms in total. The second kappa shape index (κ2) is 7.25. The van der Waals surface area contributed by atoms with E-state index in [1.807, 2.05) is 38.1 Å². The topological polar surface area (TPSA) is 29.3 Å². The van der Waals surface area contributed by atoms with Gasteiger partial charge in [-0.25, -0.2) is 0 Å². The van der Waals surface area contributed by atoms with Gasteiger partial charge in [-0.2, -0.15) is 0 Å². The minimum absolute atomic E-state index is 0.855. The first kappa shape index (κ1) is 12.8. The summed E-state index contributed by atoms with van der Waals surface area (Å²) in [5.74, 6) is 0. The first-order valence-corrected chi connectivity index (χ1v) is 5.31. The average molecular weight is 194 g/mol. The summed E-state index contributed by atoms with van der Waals surface area (Å²) in [7, 11) is 2.06. The smallest absolute Gasteiger partial charge is 0.0597 e. The van der Waals surface area contributed by atoms with Crippen LogP contribution < -0.4 is 10.6 Å². The van der Waals surface area contributed by atoms with E-state index in [4.69, 9.17) is 5.73 Å². The number of nitrogens with two attached hydrogens (primary N) is 1. The van der Waals surface area contributed by atoms with Crippen molar-refractivity contribution in [2.45, 2.75) is 27.2 Å². The van der Waals surface area contributed by atoms with Crippen LogP contribution in [0.2, 0.25) is 0 Å². The SMILES string of the molecule is CC.CCCN(C)c1ccccc1N. The summed E-state index contributed by atoms with van der Waals surface area (Å²) in [5, 5.41) is 0. The minimum atomic E-state index is 0.855. The molecule has 0 amide bonds. The molecule has 0 aromatic heterocycles. The maximum absolute atomic E-state index is 5.81. The second-order valence-corrected chi connectivity index (χ2v) is 2.98. The number of rotatable bonds is 3. The van der Waals surface area contributed by atoms with Crippen LogP contribution >= 0.6 is 0 Å². The van der Waals surface area contributed by atoms with E-state index in [-0.39, 0.29) is 0 Å². The van der Waals surface area contributed by atoms with Crippen molar-refractivity contribution in [1.29, 1.82) is 0 Å². The van der Waals surface area contributed by atoms with Crippen LogP contribution in [0.25, 0.3) is 0 Å². The van der Waals surface area contributed by atoms with Crippen molar-refractivity contribution in [3.8, 4) is 0 Å². The summed E-state index contributed by atoms with van der Waals surface area (Å²) in [6.45, 7) is 7.21. The Hall–Kier alpha value is -1.18. The van der Waals surface area contributed by atoms with Gasteiger partial charge in [0.1, 0.15) is 0 Å².